The number of aliphatic carboxylic acids is 1. The van der Waals surface area contributed by atoms with E-state index in [4.69, 9.17) is 5.73 Å². The molecule has 2 aliphatic rings. The molecule has 0 aliphatic carbocycles. The van der Waals surface area contributed by atoms with Crippen LogP contribution in [-0.4, -0.2) is 138 Å². The number of para-hydroxylation sites is 1. The molecule has 0 saturated carbocycles. The third kappa shape index (κ3) is 13.5. The Labute approximate surface area is 427 Å². The Morgan fingerprint density at radius 3 is 2.27 bits per heavy atom. The maximum Gasteiger partial charge on any atom is 0.305 e. The number of primary amides is 1. The Kier molecular flexibility index (Phi) is 18.2. The van der Waals surface area contributed by atoms with Crippen molar-refractivity contribution in [3.8, 4) is 0 Å². The van der Waals surface area contributed by atoms with E-state index in [2.05, 4.69) is 41.5 Å². The van der Waals surface area contributed by atoms with Crippen LogP contribution in [0.25, 0.3) is 21.7 Å². The zero-order valence-electron chi connectivity index (χ0n) is 41.6. The number of aromatic amines is 2. The van der Waals surface area contributed by atoms with E-state index in [0.29, 0.717) is 30.5 Å². The van der Waals surface area contributed by atoms with Crippen molar-refractivity contribution >= 4 is 74.9 Å². The van der Waals surface area contributed by atoms with E-state index in [1.54, 1.807) is 6.20 Å². The maximum absolute atomic E-state index is 15.1. The zero-order valence-corrected chi connectivity index (χ0v) is 41.6. The van der Waals surface area contributed by atoms with Gasteiger partial charge in [0, 0.05) is 68.3 Å². The second kappa shape index (κ2) is 25.0. The van der Waals surface area contributed by atoms with Gasteiger partial charge in [-0.25, -0.2) is 4.98 Å². The first-order valence-electron chi connectivity index (χ1n) is 25.2. The lowest BCUT2D eigenvalue weighted by atomic mass is 9.98. The molecule has 2 aliphatic heterocycles. The van der Waals surface area contributed by atoms with Crippen molar-refractivity contribution in [3.63, 3.8) is 0 Å². The summed E-state index contributed by atoms with van der Waals surface area (Å²) in [6, 6.07) is 10.7. The Morgan fingerprint density at radius 1 is 0.811 bits per heavy atom. The molecule has 0 spiro atoms. The van der Waals surface area contributed by atoms with Gasteiger partial charge in [-0.1, -0.05) is 80.4 Å². The molecule has 0 unspecified atom stereocenters. The van der Waals surface area contributed by atoms with Gasteiger partial charge in [-0.15, -0.1) is 0 Å². The van der Waals surface area contributed by atoms with Crippen LogP contribution in [0.3, 0.4) is 0 Å². The van der Waals surface area contributed by atoms with Crippen LogP contribution in [0.1, 0.15) is 88.5 Å². The highest BCUT2D eigenvalue weighted by Crippen LogP contribution is 2.25. The third-order valence-corrected chi connectivity index (χ3v) is 13.7. The van der Waals surface area contributed by atoms with E-state index < -0.39 is 102 Å². The number of carboxylic acid groups (broad SMARTS) is 1. The number of unbranched alkanes of at least 4 members (excludes halogenated alkanes) is 1. The fraction of sp³-hybridized carbons (Fsp3) is 0.434. The zero-order chi connectivity index (χ0) is 52.9. The van der Waals surface area contributed by atoms with Gasteiger partial charge >= 0.3 is 5.97 Å². The van der Waals surface area contributed by atoms with Crippen molar-refractivity contribution in [2.75, 3.05) is 13.1 Å². The van der Waals surface area contributed by atoms with E-state index >= 15 is 4.79 Å². The smallest absolute Gasteiger partial charge is 0.305 e. The molecule has 3 aromatic carbocycles. The largest absolute Gasteiger partial charge is 0.481 e. The number of imidazole rings is 1. The topological polar surface area (TPSA) is 311 Å². The minimum absolute atomic E-state index is 0.0239. The highest BCUT2D eigenvalue weighted by atomic mass is 16.4. The first-order chi connectivity index (χ1) is 35.6. The highest BCUT2D eigenvalue weighted by molar-refractivity contribution is 6.00. The third-order valence-electron chi connectivity index (χ3n) is 13.7. The molecule has 21 nitrogen and oxygen atoms in total. The molecular weight excluding hydrogens is 951 g/mol. The number of carbonyl (C=O) groups is 9. The van der Waals surface area contributed by atoms with Crippen LogP contribution >= 0.6 is 0 Å². The van der Waals surface area contributed by atoms with Crippen LogP contribution in [0.2, 0.25) is 0 Å². The Balaban J connectivity index is 1.32. The summed E-state index contributed by atoms with van der Waals surface area (Å²) in [5.41, 5.74) is 8.62. The van der Waals surface area contributed by atoms with Crippen LogP contribution < -0.4 is 32.3 Å². The average Bonchev–Trinajstić information content (AvgIpc) is 4.18. The number of rotatable bonds is 14. The number of hydrogen-bond donors (Lipinski definition) is 9. The maximum atomic E-state index is 15.1. The van der Waals surface area contributed by atoms with E-state index in [9.17, 15) is 43.5 Å². The van der Waals surface area contributed by atoms with Crippen molar-refractivity contribution in [1.82, 2.24) is 51.3 Å². The molecule has 0 radical (unpaired) electrons. The van der Waals surface area contributed by atoms with Gasteiger partial charge in [0.25, 0.3) is 0 Å². The Hall–Kier alpha value is -8.10. The quantitative estimate of drug-likeness (QED) is 0.0776. The monoisotopic (exact) mass is 1020 g/mol. The van der Waals surface area contributed by atoms with Crippen LogP contribution in [0, 0.1) is 0 Å². The van der Waals surface area contributed by atoms with Crippen LogP contribution in [0.15, 0.2) is 85.5 Å². The second-order valence-electron chi connectivity index (χ2n) is 19.1. The lowest BCUT2D eigenvalue weighted by Crippen LogP contribution is -2.64. The summed E-state index contributed by atoms with van der Waals surface area (Å²) in [6.07, 6.45) is 5.10. The summed E-state index contributed by atoms with van der Waals surface area (Å²) in [7, 11) is 0. The number of fused-ring (bicyclic) bond motifs is 3. The number of nitrogens with two attached hydrogens (primary N) is 1. The molecule has 8 amide bonds. The van der Waals surface area contributed by atoms with Crippen molar-refractivity contribution < 1.29 is 48.3 Å². The molecule has 74 heavy (non-hydrogen) atoms. The van der Waals surface area contributed by atoms with E-state index in [1.807, 2.05) is 73.7 Å². The molecule has 4 heterocycles. The number of nitrogens with zero attached hydrogens (tertiary/aromatic N) is 3. The number of amides is 8. The first kappa shape index (κ1) is 53.7. The lowest BCUT2D eigenvalue weighted by molar-refractivity contribution is -0.154. The molecule has 10 N–H and O–H groups in total. The molecular formula is C53H65N11O10. The van der Waals surface area contributed by atoms with Crippen LogP contribution in [-0.2, 0) is 62.4 Å². The van der Waals surface area contributed by atoms with Crippen LogP contribution in [0.5, 0.6) is 0 Å². The van der Waals surface area contributed by atoms with Gasteiger partial charge in [0.15, 0.2) is 0 Å². The predicted octanol–water partition coefficient (Wildman–Crippen LogP) is 2.04. The number of aromatic nitrogens is 3. The van der Waals surface area contributed by atoms with Crippen molar-refractivity contribution in [2.45, 2.75) is 133 Å². The fourth-order valence-corrected chi connectivity index (χ4v) is 9.98. The summed E-state index contributed by atoms with van der Waals surface area (Å²) in [4.78, 5) is 140. The number of carbonyl (C=O) groups excluding carboxylic acids is 8. The summed E-state index contributed by atoms with van der Waals surface area (Å²) in [5.74, 6) is -7.91. The summed E-state index contributed by atoms with van der Waals surface area (Å²) in [6.45, 7) is 3.22. The normalized spacial score (nSPS) is 22.2. The van der Waals surface area contributed by atoms with E-state index in [1.165, 1.54) is 24.3 Å². The SMILES string of the molecule is CCCC[C@H](NC(C)=O)C(=O)N1[C@H](C(N)=O)CCCCNC(=O)[C@H](Cc2c[nH]c3ccccc23)NC(=O)[C@@H]2CCCN2C(=O)[C@@H](Cc2ccc3ccccc3c2)NC(=O)[C@H](Cc2cnc[nH]2)NC(=O)[C@@H]1CC(=O)O. The van der Waals surface area contributed by atoms with Crippen molar-refractivity contribution in [2.24, 2.45) is 5.73 Å². The summed E-state index contributed by atoms with van der Waals surface area (Å²) < 4.78 is 0. The number of nitrogens with one attached hydrogen (secondary N) is 7. The highest BCUT2D eigenvalue weighted by Gasteiger charge is 2.44. The molecule has 0 bridgehead atoms. The second-order valence-corrected chi connectivity index (χ2v) is 19.1. The van der Waals surface area contributed by atoms with Gasteiger partial charge in [0.2, 0.25) is 47.3 Å². The minimum Gasteiger partial charge on any atom is -0.481 e. The van der Waals surface area contributed by atoms with Crippen molar-refractivity contribution in [3.05, 3.63) is 102 Å². The first-order valence-corrected chi connectivity index (χ1v) is 25.2. The molecule has 2 fully saturated rings. The molecule has 21 heteroatoms. The van der Waals surface area contributed by atoms with E-state index in [-0.39, 0.29) is 64.5 Å². The summed E-state index contributed by atoms with van der Waals surface area (Å²) >= 11 is 0. The predicted molar refractivity (Wildman–Crippen MR) is 272 cm³/mol. The molecule has 2 aromatic heterocycles. The Morgan fingerprint density at radius 2 is 1.54 bits per heavy atom. The van der Waals surface area contributed by atoms with Crippen LogP contribution in [0.4, 0.5) is 0 Å². The number of H-pyrrole nitrogens is 2. The Bertz CT molecular complexity index is 2850. The molecule has 392 valence electrons. The van der Waals surface area contributed by atoms with Gasteiger partial charge < -0.3 is 57.2 Å². The fourth-order valence-electron chi connectivity index (χ4n) is 9.98. The van der Waals surface area contributed by atoms with Gasteiger partial charge in [0.1, 0.15) is 42.3 Å². The lowest BCUT2D eigenvalue weighted by Gasteiger charge is -2.38. The van der Waals surface area contributed by atoms with E-state index in [0.717, 1.165) is 32.1 Å². The van der Waals surface area contributed by atoms with Gasteiger partial charge in [0.05, 0.1) is 12.7 Å². The molecule has 5 aromatic rings. The molecule has 2 saturated heterocycles. The summed E-state index contributed by atoms with van der Waals surface area (Å²) in [5, 5.41) is 26.9. The molecule has 7 rings (SSSR count). The van der Waals surface area contributed by atoms with Crippen molar-refractivity contribution in [1.29, 1.82) is 0 Å². The standard InChI is InChI=1S/C53H65N11O10/c1-3-4-15-39(59-31(2)65)53(74)64-43(47(54)68)17-9-10-21-56-48(69)40(25-35-28-57-38-16-8-7-14-37(35)38)60-50(71)44-18-11-22-63(44)52(73)42(24-32-19-20-33-12-5-6-13-34(33)23-32)62-49(70)41(26-36-29-55-30-58-36)61-51(72)45(64)27-46(66)67/h5-8,12-14,16,19-20,23,28-30,39-45,57H,3-4,9-11,15,17-18,21-22,24-27H2,1-2H3,(H2,54,68)(H,55,58)(H,56,69)(H,59,65)(H,60,71)(H,61,72)(H,62,70)(H,66,67)/t39-,40-,41-,42+,43-,44-,45-/m0/s1. The molecule has 7 atom stereocenters. The number of carboxylic acids is 1. The van der Waals surface area contributed by atoms with Gasteiger partial charge in [-0.05, 0) is 66.5 Å². The van der Waals surface area contributed by atoms with Gasteiger partial charge in [-0.3, -0.25) is 43.2 Å². The minimum atomic E-state index is -1.97. The number of hydrogen-bond acceptors (Lipinski definition) is 10. The van der Waals surface area contributed by atoms with Gasteiger partial charge in [-0.2, -0.15) is 0 Å². The number of benzene rings is 3. The average molecular weight is 1020 g/mol.